The molecule has 0 heterocycles. The fraction of sp³-hybridized carbons (Fsp3) is 1.00. The zero-order valence-corrected chi connectivity index (χ0v) is 6.93. The summed E-state index contributed by atoms with van der Waals surface area (Å²) in [5.41, 5.74) is 0. The monoisotopic (exact) mass is 116 g/mol. The predicted octanol–water partition coefficient (Wildman–Crippen LogP) is -4.99. The summed E-state index contributed by atoms with van der Waals surface area (Å²) in [6, 6.07) is 0. The van der Waals surface area contributed by atoms with Crippen molar-refractivity contribution in [2.45, 2.75) is 12.9 Å². The van der Waals surface area contributed by atoms with Crippen molar-refractivity contribution in [1.29, 1.82) is 0 Å². The molecule has 2 N–H and O–H groups in total. The van der Waals surface area contributed by atoms with Gasteiger partial charge in [-0.05, 0) is 6.92 Å². The van der Waals surface area contributed by atoms with Crippen molar-refractivity contribution in [3.8, 4) is 0 Å². The summed E-state index contributed by atoms with van der Waals surface area (Å²) in [4.78, 5) is 0. The Morgan fingerprint density at radius 3 is 1.50 bits per heavy atom. The number of rotatable bonds is 0. The number of hydrogen-bond donors (Lipinski definition) is 2. The molecule has 3 nitrogen and oxygen atoms in total. The quantitative estimate of drug-likeness (QED) is 0.246. The van der Waals surface area contributed by atoms with Gasteiger partial charge in [0.2, 0.25) is 0 Å². The van der Waals surface area contributed by atoms with E-state index in [-0.39, 0.29) is 51.4 Å². The topological polar surface area (TPSA) is 63.5 Å². The third-order valence-corrected chi connectivity index (χ3v) is 0. The summed E-state index contributed by atoms with van der Waals surface area (Å²) in [5.74, 6) is -2.75. The molecule has 0 saturated heterocycles. The molecular weight excluding hydrogens is 111 g/mol. The molecule has 0 aliphatic heterocycles. The second-order valence-corrected chi connectivity index (χ2v) is 0.934. The van der Waals surface area contributed by atoms with Crippen LogP contribution in [-0.2, 0) is 0 Å². The van der Waals surface area contributed by atoms with Crippen LogP contribution >= 0.6 is 0 Å². The van der Waals surface area contributed by atoms with E-state index in [4.69, 9.17) is 10.2 Å². The van der Waals surface area contributed by atoms with Crippen LogP contribution < -0.4 is 56.5 Å². The largest absolute Gasteiger partial charge is 1.00 e. The molecule has 0 aromatic heterocycles. The molecule has 0 radical (unpaired) electrons. The number of hydrogen-bond acceptors (Lipinski definition) is 3. The van der Waals surface area contributed by atoms with Gasteiger partial charge in [-0.1, -0.05) is 0 Å². The molecule has 0 bridgehead atoms. The molecular formula is C2H5KO3. The van der Waals surface area contributed by atoms with E-state index in [9.17, 15) is 5.11 Å². The molecule has 6 heavy (non-hydrogen) atoms. The Morgan fingerprint density at radius 2 is 1.50 bits per heavy atom. The van der Waals surface area contributed by atoms with Crippen LogP contribution in [0.5, 0.6) is 0 Å². The molecule has 0 fully saturated rings. The van der Waals surface area contributed by atoms with E-state index < -0.39 is 5.97 Å². The third-order valence-electron chi connectivity index (χ3n) is 0. The molecule has 0 rings (SSSR count). The van der Waals surface area contributed by atoms with E-state index in [0.717, 1.165) is 6.92 Å². The van der Waals surface area contributed by atoms with Crippen LogP contribution in [0.3, 0.4) is 0 Å². The standard InChI is InChI=1S/C2H5O3.K/c1-2(3,4)5;/h3-4H,1H3;/q-1;+1. The van der Waals surface area contributed by atoms with Crippen LogP contribution in [0, 0.1) is 0 Å². The maximum atomic E-state index is 9.22. The van der Waals surface area contributed by atoms with Crippen LogP contribution in [0.1, 0.15) is 6.92 Å². The van der Waals surface area contributed by atoms with Crippen molar-refractivity contribution >= 4 is 0 Å². The van der Waals surface area contributed by atoms with Gasteiger partial charge < -0.3 is 15.3 Å². The molecule has 32 valence electrons. The maximum Gasteiger partial charge on any atom is 1.00 e. The maximum absolute atomic E-state index is 9.22. The fourth-order valence-corrected chi connectivity index (χ4v) is 0. The van der Waals surface area contributed by atoms with Gasteiger partial charge in [-0.3, -0.25) is 0 Å². The van der Waals surface area contributed by atoms with Crippen molar-refractivity contribution in [3.05, 3.63) is 0 Å². The third kappa shape index (κ3) is 48.9. The van der Waals surface area contributed by atoms with Crippen molar-refractivity contribution in [1.82, 2.24) is 0 Å². The van der Waals surface area contributed by atoms with Crippen molar-refractivity contribution < 1.29 is 66.7 Å². The first kappa shape index (κ1) is 10.5. The number of aliphatic hydroxyl groups is 2. The van der Waals surface area contributed by atoms with Crippen molar-refractivity contribution in [3.63, 3.8) is 0 Å². The van der Waals surface area contributed by atoms with Crippen LogP contribution in [0.2, 0.25) is 0 Å². The Balaban J connectivity index is 0. The van der Waals surface area contributed by atoms with Crippen molar-refractivity contribution in [2.24, 2.45) is 0 Å². The summed E-state index contributed by atoms with van der Waals surface area (Å²) in [7, 11) is 0. The van der Waals surface area contributed by atoms with Gasteiger partial charge in [0.15, 0.2) is 0 Å². The SMILES string of the molecule is CC([O-])(O)O.[K+]. The summed E-state index contributed by atoms with van der Waals surface area (Å²) in [5, 5.41) is 24.3. The van der Waals surface area contributed by atoms with E-state index in [1.807, 2.05) is 0 Å². The molecule has 0 aromatic carbocycles. The molecule has 0 aromatic rings. The van der Waals surface area contributed by atoms with E-state index >= 15 is 0 Å². The van der Waals surface area contributed by atoms with E-state index in [2.05, 4.69) is 0 Å². The molecule has 4 heteroatoms. The van der Waals surface area contributed by atoms with Crippen LogP contribution in [0.15, 0.2) is 0 Å². The Bertz CT molecular complexity index is 24.3. The Labute approximate surface area is 78.4 Å². The molecule has 0 aliphatic carbocycles. The minimum atomic E-state index is -2.75. The second-order valence-electron chi connectivity index (χ2n) is 0.934. The zero-order valence-electron chi connectivity index (χ0n) is 3.80. The minimum Gasteiger partial charge on any atom is -0.807 e. The van der Waals surface area contributed by atoms with Crippen LogP contribution in [0.4, 0.5) is 0 Å². The summed E-state index contributed by atoms with van der Waals surface area (Å²) in [6.45, 7) is 0.743. The van der Waals surface area contributed by atoms with Gasteiger partial charge in [0, 0.05) is 0 Å². The van der Waals surface area contributed by atoms with Gasteiger partial charge >= 0.3 is 51.4 Å². The first-order valence-corrected chi connectivity index (χ1v) is 1.15. The zero-order chi connectivity index (χ0) is 4.50. The molecule has 0 spiro atoms. The van der Waals surface area contributed by atoms with E-state index in [1.165, 1.54) is 0 Å². The minimum absolute atomic E-state index is 0. The summed E-state index contributed by atoms with van der Waals surface area (Å²) in [6.07, 6.45) is 0. The van der Waals surface area contributed by atoms with Gasteiger partial charge in [0.25, 0.3) is 0 Å². The summed E-state index contributed by atoms with van der Waals surface area (Å²) >= 11 is 0. The average Bonchev–Trinajstić information content (AvgIpc) is 0.722. The predicted molar refractivity (Wildman–Crippen MR) is 12.8 cm³/mol. The first-order chi connectivity index (χ1) is 2.00. The van der Waals surface area contributed by atoms with Crippen LogP contribution in [-0.4, -0.2) is 16.2 Å². The van der Waals surface area contributed by atoms with Crippen LogP contribution in [0.25, 0.3) is 0 Å². The molecule has 0 unspecified atom stereocenters. The Hall–Kier alpha value is 1.52. The second kappa shape index (κ2) is 3.51. The van der Waals surface area contributed by atoms with E-state index in [0.29, 0.717) is 0 Å². The molecule has 0 atom stereocenters. The fourth-order valence-electron chi connectivity index (χ4n) is 0. The van der Waals surface area contributed by atoms with Gasteiger partial charge in [-0.15, -0.1) is 0 Å². The van der Waals surface area contributed by atoms with Gasteiger partial charge in [-0.2, -0.15) is 0 Å². The van der Waals surface area contributed by atoms with Gasteiger partial charge in [0.1, 0.15) is 0 Å². The van der Waals surface area contributed by atoms with Crippen molar-refractivity contribution in [2.75, 3.05) is 0 Å². The normalized spacial score (nSPS) is 10.0. The summed E-state index contributed by atoms with van der Waals surface area (Å²) < 4.78 is 0. The Morgan fingerprint density at radius 1 is 1.50 bits per heavy atom. The Kier molecular flexibility index (Phi) is 6.14. The first-order valence-electron chi connectivity index (χ1n) is 1.15. The molecule has 0 amide bonds. The molecule has 0 saturated carbocycles. The molecule has 0 aliphatic rings. The van der Waals surface area contributed by atoms with E-state index in [1.54, 1.807) is 0 Å². The van der Waals surface area contributed by atoms with Gasteiger partial charge in [0.05, 0.1) is 5.97 Å². The van der Waals surface area contributed by atoms with Gasteiger partial charge in [-0.25, -0.2) is 0 Å². The average molecular weight is 116 g/mol. The smallest absolute Gasteiger partial charge is 0.807 e.